The van der Waals surface area contributed by atoms with Crippen molar-refractivity contribution in [3.63, 3.8) is 0 Å². The fourth-order valence-electron chi connectivity index (χ4n) is 3.94. The monoisotopic (exact) mass is 330 g/mol. The third kappa shape index (κ3) is 6.11. The molecule has 24 heavy (non-hydrogen) atoms. The van der Waals surface area contributed by atoms with Gasteiger partial charge in [-0.1, -0.05) is 67.5 Å². The van der Waals surface area contributed by atoms with E-state index in [2.05, 4.69) is 67.5 Å². The molecule has 0 rings (SSSR count). The van der Waals surface area contributed by atoms with Gasteiger partial charge in [0.25, 0.3) is 0 Å². The second kappa shape index (κ2) is 13.3. The summed E-state index contributed by atoms with van der Waals surface area (Å²) in [5.41, 5.74) is 9.59. The zero-order valence-corrected chi connectivity index (χ0v) is 17.8. The second-order valence-corrected chi connectivity index (χ2v) is 6.31. The van der Waals surface area contributed by atoms with Gasteiger partial charge in [0.15, 0.2) is 0 Å². The van der Waals surface area contributed by atoms with Crippen LogP contribution in [0.15, 0.2) is 45.6 Å². The summed E-state index contributed by atoms with van der Waals surface area (Å²) in [6, 6.07) is 0. The molecular weight excluding hydrogens is 288 g/mol. The lowest BCUT2D eigenvalue weighted by Gasteiger charge is -2.22. The predicted molar refractivity (Wildman–Crippen MR) is 113 cm³/mol. The molecule has 0 radical (unpaired) electrons. The highest BCUT2D eigenvalue weighted by molar-refractivity contribution is 5.50. The van der Waals surface area contributed by atoms with Crippen molar-refractivity contribution in [2.45, 2.75) is 107 Å². The van der Waals surface area contributed by atoms with Gasteiger partial charge in [0, 0.05) is 0 Å². The molecule has 0 atom stereocenters. The smallest absolute Gasteiger partial charge is 0.0302 e. The maximum Gasteiger partial charge on any atom is -0.0302 e. The first-order chi connectivity index (χ1) is 11.6. The van der Waals surface area contributed by atoms with Crippen LogP contribution in [0.25, 0.3) is 0 Å². The van der Waals surface area contributed by atoms with Gasteiger partial charge in [-0.2, -0.15) is 0 Å². The van der Waals surface area contributed by atoms with E-state index in [1.54, 1.807) is 33.4 Å². The fraction of sp³-hybridized carbons (Fsp3) is 0.667. The molecule has 0 N–H and O–H groups in total. The lowest BCUT2D eigenvalue weighted by molar-refractivity contribution is 0.896. The molecule has 0 spiro atoms. The van der Waals surface area contributed by atoms with Gasteiger partial charge < -0.3 is 0 Å². The van der Waals surface area contributed by atoms with Crippen LogP contribution in [0, 0.1) is 0 Å². The van der Waals surface area contributed by atoms with Crippen molar-refractivity contribution in [1.82, 2.24) is 0 Å². The minimum Gasteiger partial charge on any atom is -0.0813 e. The van der Waals surface area contributed by atoms with Crippen molar-refractivity contribution in [2.75, 3.05) is 0 Å². The quantitative estimate of drug-likeness (QED) is 0.332. The molecule has 0 aliphatic heterocycles. The Kier molecular flexibility index (Phi) is 12.7. The van der Waals surface area contributed by atoms with Crippen molar-refractivity contribution < 1.29 is 0 Å². The molecular formula is C24H42. The Balaban J connectivity index is 6.56. The summed E-state index contributed by atoms with van der Waals surface area (Å²) in [5.74, 6) is 0. The van der Waals surface area contributed by atoms with E-state index in [0.717, 1.165) is 51.4 Å². The summed E-state index contributed by atoms with van der Waals surface area (Å²) in [5, 5.41) is 0. The van der Waals surface area contributed by atoms with Crippen LogP contribution >= 0.6 is 0 Å². The highest BCUT2D eigenvalue weighted by atomic mass is 14.2. The average molecular weight is 331 g/mol. The molecule has 0 heteroatoms. The second-order valence-electron chi connectivity index (χ2n) is 6.31. The van der Waals surface area contributed by atoms with E-state index in [0.29, 0.717) is 0 Å². The third-order valence-corrected chi connectivity index (χ3v) is 4.95. The molecule has 0 aromatic heterocycles. The maximum absolute atomic E-state index is 2.44. The Bertz CT molecular complexity index is 434. The van der Waals surface area contributed by atoms with E-state index in [9.17, 15) is 0 Å². The molecule has 0 heterocycles. The van der Waals surface area contributed by atoms with Gasteiger partial charge in [0.1, 0.15) is 0 Å². The predicted octanol–water partition coefficient (Wildman–Crippen LogP) is 8.71. The molecule has 0 nitrogen and oxygen atoms in total. The number of rotatable bonds is 11. The topological polar surface area (TPSA) is 0 Å². The summed E-state index contributed by atoms with van der Waals surface area (Å²) in [4.78, 5) is 0. The van der Waals surface area contributed by atoms with Crippen molar-refractivity contribution in [3.05, 3.63) is 45.6 Å². The Morgan fingerprint density at radius 2 is 0.708 bits per heavy atom. The number of hydrogen-bond donors (Lipinski definition) is 0. The highest BCUT2D eigenvalue weighted by Gasteiger charge is 2.15. The summed E-state index contributed by atoms with van der Waals surface area (Å²) in [6.07, 6.45) is 14.0. The average Bonchev–Trinajstić information content (AvgIpc) is 2.61. The Hall–Kier alpha value is -1.04. The Labute approximate surface area is 152 Å². The zero-order valence-electron chi connectivity index (χ0n) is 17.8. The molecule has 0 unspecified atom stereocenters. The Morgan fingerprint density at radius 3 is 0.875 bits per heavy atom. The van der Waals surface area contributed by atoms with Gasteiger partial charge in [0.2, 0.25) is 0 Å². The van der Waals surface area contributed by atoms with Crippen molar-refractivity contribution in [3.8, 4) is 0 Å². The van der Waals surface area contributed by atoms with Gasteiger partial charge in [-0.25, -0.2) is 0 Å². The minimum atomic E-state index is 1.13. The lowest BCUT2D eigenvalue weighted by atomic mass is 9.83. The molecule has 0 aromatic carbocycles. The van der Waals surface area contributed by atoms with E-state index >= 15 is 0 Å². The van der Waals surface area contributed by atoms with Gasteiger partial charge in [-0.05, 0) is 84.8 Å². The molecule has 0 aromatic rings. The first-order valence-electron chi connectivity index (χ1n) is 10.4. The molecule has 0 fully saturated rings. The SMILES string of the molecule is CCC=C(CC)/C(CC)=C(CC)\C(CC)=C(\CC)C(=CCC)CC. The van der Waals surface area contributed by atoms with Crippen molar-refractivity contribution >= 4 is 0 Å². The van der Waals surface area contributed by atoms with Gasteiger partial charge in [0.05, 0.1) is 0 Å². The third-order valence-electron chi connectivity index (χ3n) is 4.95. The van der Waals surface area contributed by atoms with Crippen LogP contribution in [0.3, 0.4) is 0 Å². The van der Waals surface area contributed by atoms with Gasteiger partial charge in [-0.3, -0.25) is 0 Å². The summed E-state index contributed by atoms with van der Waals surface area (Å²) in [7, 11) is 0. The van der Waals surface area contributed by atoms with Gasteiger partial charge >= 0.3 is 0 Å². The minimum absolute atomic E-state index is 1.13. The first-order valence-corrected chi connectivity index (χ1v) is 10.4. The van der Waals surface area contributed by atoms with Crippen LogP contribution in [0.5, 0.6) is 0 Å². The summed E-state index contributed by atoms with van der Waals surface area (Å²) >= 11 is 0. The number of hydrogen-bond acceptors (Lipinski definition) is 0. The summed E-state index contributed by atoms with van der Waals surface area (Å²) < 4.78 is 0. The number of allylic oxidation sites excluding steroid dienone is 8. The maximum atomic E-state index is 2.44. The molecule has 0 saturated heterocycles. The Morgan fingerprint density at radius 1 is 0.417 bits per heavy atom. The largest absolute Gasteiger partial charge is 0.0813 e. The molecule has 0 aliphatic rings. The van der Waals surface area contributed by atoms with E-state index in [1.807, 2.05) is 0 Å². The normalized spacial score (nSPS) is 15.3. The van der Waals surface area contributed by atoms with E-state index in [1.165, 1.54) is 0 Å². The zero-order chi connectivity index (χ0) is 18.5. The van der Waals surface area contributed by atoms with E-state index in [-0.39, 0.29) is 0 Å². The first kappa shape index (κ1) is 23.0. The van der Waals surface area contributed by atoms with Crippen LogP contribution in [0.1, 0.15) is 107 Å². The molecule has 0 aliphatic carbocycles. The molecule has 0 bridgehead atoms. The summed E-state index contributed by atoms with van der Waals surface area (Å²) in [6.45, 7) is 18.4. The van der Waals surface area contributed by atoms with Gasteiger partial charge in [-0.15, -0.1) is 0 Å². The molecule has 0 saturated carbocycles. The lowest BCUT2D eigenvalue weighted by Crippen LogP contribution is -2.03. The van der Waals surface area contributed by atoms with E-state index in [4.69, 9.17) is 0 Å². The molecule has 0 amide bonds. The highest BCUT2D eigenvalue weighted by Crippen LogP contribution is 2.35. The standard InChI is InChI=1S/C24H42/c1-9-17-19(11-3)21(13-5)23(15-7)24(16-8)22(14-6)20(12-4)18-10-2/h17-18H,9-16H2,1-8H3/b19-17?,20-18?,23-21-,24-22-. The molecule has 138 valence electrons. The van der Waals surface area contributed by atoms with E-state index < -0.39 is 0 Å². The van der Waals surface area contributed by atoms with Crippen molar-refractivity contribution in [2.24, 2.45) is 0 Å². The van der Waals surface area contributed by atoms with Crippen LogP contribution in [-0.4, -0.2) is 0 Å². The van der Waals surface area contributed by atoms with Crippen LogP contribution in [-0.2, 0) is 0 Å². The van der Waals surface area contributed by atoms with Crippen LogP contribution < -0.4 is 0 Å². The van der Waals surface area contributed by atoms with Crippen molar-refractivity contribution in [1.29, 1.82) is 0 Å². The van der Waals surface area contributed by atoms with Crippen LogP contribution in [0.2, 0.25) is 0 Å². The fourth-order valence-corrected chi connectivity index (χ4v) is 3.94. The van der Waals surface area contributed by atoms with Crippen LogP contribution in [0.4, 0.5) is 0 Å².